The standard InChI is InChI=1S/C13H17F2N/c1-2-11-8-12(16-9-13(11,14)15)10-6-4-3-5-7-10/h3-7,11-12,16H,2,8-9H2,1H3/t11-,12-/m0/s1. The van der Waals surface area contributed by atoms with Crippen molar-refractivity contribution < 1.29 is 8.78 Å². The number of alkyl halides is 2. The van der Waals surface area contributed by atoms with Crippen LogP contribution in [0.2, 0.25) is 0 Å². The Bertz CT molecular complexity index is 337. The van der Waals surface area contributed by atoms with Crippen LogP contribution in [-0.4, -0.2) is 12.5 Å². The van der Waals surface area contributed by atoms with E-state index in [0.717, 1.165) is 5.56 Å². The second kappa shape index (κ2) is 4.50. The highest BCUT2D eigenvalue weighted by Gasteiger charge is 2.43. The fourth-order valence-electron chi connectivity index (χ4n) is 2.35. The molecule has 0 amide bonds. The molecule has 0 bridgehead atoms. The summed E-state index contributed by atoms with van der Waals surface area (Å²) in [7, 11) is 0. The minimum Gasteiger partial charge on any atom is -0.304 e. The van der Waals surface area contributed by atoms with Crippen molar-refractivity contribution in [1.29, 1.82) is 0 Å². The number of benzene rings is 1. The van der Waals surface area contributed by atoms with Crippen molar-refractivity contribution in [3.63, 3.8) is 0 Å². The molecule has 2 atom stereocenters. The Labute approximate surface area is 94.9 Å². The number of nitrogens with one attached hydrogen (secondary N) is 1. The maximum Gasteiger partial charge on any atom is 0.263 e. The quantitative estimate of drug-likeness (QED) is 0.813. The Morgan fingerprint density at radius 3 is 2.62 bits per heavy atom. The fraction of sp³-hybridized carbons (Fsp3) is 0.538. The molecular formula is C13H17F2N. The van der Waals surface area contributed by atoms with Crippen LogP contribution in [0.4, 0.5) is 8.78 Å². The van der Waals surface area contributed by atoms with Crippen LogP contribution in [-0.2, 0) is 0 Å². The zero-order chi connectivity index (χ0) is 11.6. The van der Waals surface area contributed by atoms with E-state index in [1.807, 2.05) is 37.3 Å². The Balaban J connectivity index is 2.11. The molecular weight excluding hydrogens is 208 g/mol. The Morgan fingerprint density at radius 1 is 1.31 bits per heavy atom. The van der Waals surface area contributed by atoms with Crippen molar-refractivity contribution in [2.75, 3.05) is 6.54 Å². The van der Waals surface area contributed by atoms with Crippen molar-refractivity contribution in [1.82, 2.24) is 5.32 Å². The zero-order valence-electron chi connectivity index (χ0n) is 9.42. The van der Waals surface area contributed by atoms with Gasteiger partial charge < -0.3 is 5.32 Å². The van der Waals surface area contributed by atoms with E-state index >= 15 is 0 Å². The minimum atomic E-state index is -2.56. The molecule has 1 aliphatic heterocycles. The van der Waals surface area contributed by atoms with Crippen LogP contribution >= 0.6 is 0 Å². The summed E-state index contributed by atoms with van der Waals surface area (Å²) in [5.41, 5.74) is 1.11. The number of halogens is 2. The summed E-state index contributed by atoms with van der Waals surface area (Å²) in [5, 5.41) is 2.94. The predicted molar refractivity (Wildman–Crippen MR) is 60.5 cm³/mol. The third-order valence-corrected chi connectivity index (χ3v) is 3.40. The van der Waals surface area contributed by atoms with Gasteiger partial charge in [-0.25, -0.2) is 8.78 Å². The summed E-state index contributed by atoms with van der Waals surface area (Å²) in [4.78, 5) is 0. The van der Waals surface area contributed by atoms with Gasteiger partial charge in [0.25, 0.3) is 5.92 Å². The average Bonchev–Trinajstić information content (AvgIpc) is 2.30. The first-order valence-corrected chi connectivity index (χ1v) is 5.79. The van der Waals surface area contributed by atoms with Gasteiger partial charge in [-0.1, -0.05) is 37.3 Å². The second-order valence-corrected chi connectivity index (χ2v) is 4.45. The largest absolute Gasteiger partial charge is 0.304 e. The van der Waals surface area contributed by atoms with Crippen LogP contribution in [0.1, 0.15) is 31.4 Å². The maximum atomic E-state index is 13.5. The Morgan fingerprint density at radius 2 is 2.00 bits per heavy atom. The van der Waals surface area contributed by atoms with E-state index in [2.05, 4.69) is 5.32 Å². The molecule has 0 aliphatic carbocycles. The first-order valence-electron chi connectivity index (χ1n) is 5.79. The summed E-state index contributed by atoms with van der Waals surface area (Å²) < 4.78 is 27.0. The molecule has 16 heavy (non-hydrogen) atoms. The van der Waals surface area contributed by atoms with Gasteiger partial charge in [0.15, 0.2) is 0 Å². The fourth-order valence-corrected chi connectivity index (χ4v) is 2.35. The van der Waals surface area contributed by atoms with Gasteiger partial charge >= 0.3 is 0 Å². The lowest BCUT2D eigenvalue weighted by atomic mass is 9.84. The number of rotatable bonds is 2. The van der Waals surface area contributed by atoms with Crippen LogP contribution < -0.4 is 5.32 Å². The third kappa shape index (κ3) is 2.24. The highest BCUT2D eigenvalue weighted by Crippen LogP contribution is 2.38. The lowest BCUT2D eigenvalue weighted by Gasteiger charge is -2.36. The van der Waals surface area contributed by atoms with Crippen LogP contribution in [0.5, 0.6) is 0 Å². The summed E-state index contributed by atoms with van der Waals surface area (Å²) in [6, 6.07) is 9.90. The lowest BCUT2D eigenvalue weighted by Crippen LogP contribution is -2.47. The summed E-state index contributed by atoms with van der Waals surface area (Å²) >= 11 is 0. The maximum absolute atomic E-state index is 13.5. The highest BCUT2D eigenvalue weighted by molar-refractivity contribution is 5.20. The molecule has 0 aromatic heterocycles. The molecule has 0 spiro atoms. The van der Waals surface area contributed by atoms with Gasteiger partial charge in [-0.2, -0.15) is 0 Å². The van der Waals surface area contributed by atoms with Crippen molar-refractivity contribution >= 4 is 0 Å². The summed E-state index contributed by atoms with van der Waals surface area (Å²) in [6.07, 6.45) is 1.06. The molecule has 88 valence electrons. The van der Waals surface area contributed by atoms with Gasteiger partial charge in [0.1, 0.15) is 0 Å². The van der Waals surface area contributed by atoms with Crippen LogP contribution in [0.25, 0.3) is 0 Å². The van der Waals surface area contributed by atoms with E-state index in [1.54, 1.807) is 0 Å². The van der Waals surface area contributed by atoms with Crippen molar-refractivity contribution in [2.24, 2.45) is 5.92 Å². The van der Waals surface area contributed by atoms with E-state index in [4.69, 9.17) is 0 Å². The van der Waals surface area contributed by atoms with Crippen molar-refractivity contribution in [2.45, 2.75) is 31.7 Å². The monoisotopic (exact) mass is 225 g/mol. The number of hydrogen-bond acceptors (Lipinski definition) is 1. The lowest BCUT2D eigenvalue weighted by molar-refractivity contribution is -0.0840. The second-order valence-electron chi connectivity index (χ2n) is 4.45. The smallest absolute Gasteiger partial charge is 0.263 e. The molecule has 1 nitrogen and oxygen atoms in total. The Kier molecular flexibility index (Phi) is 3.24. The first-order chi connectivity index (χ1) is 7.63. The molecule has 1 saturated heterocycles. The van der Waals surface area contributed by atoms with Crippen molar-refractivity contribution in [3.05, 3.63) is 35.9 Å². The normalized spacial score (nSPS) is 28.9. The first kappa shape index (κ1) is 11.5. The molecule has 1 aromatic carbocycles. The Hall–Kier alpha value is -0.960. The zero-order valence-corrected chi connectivity index (χ0v) is 9.42. The summed E-state index contributed by atoms with van der Waals surface area (Å²) in [5.74, 6) is -3.06. The number of piperidine rings is 1. The van der Waals surface area contributed by atoms with E-state index in [1.165, 1.54) is 0 Å². The summed E-state index contributed by atoms with van der Waals surface area (Å²) in [6.45, 7) is 1.64. The van der Waals surface area contributed by atoms with Crippen LogP contribution in [0.15, 0.2) is 30.3 Å². The molecule has 3 heteroatoms. The van der Waals surface area contributed by atoms with E-state index in [0.29, 0.717) is 12.8 Å². The van der Waals surface area contributed by atoms with Gasteiger partial charge in [-0.05, 0) is 18.4 Å². The topological polar surface area (TPSA) is 12.0 Å². The predicted octanol–water partition coefficient (Wildman–Crippen LogP) is 3.38. The molecule has 1 aromatic rings. The molecule has 1 aliphatic rings. The van der Waals surface area contributed by atoms with E-state index < -0.39 is 11.8 Å². The number of hydrogen-bond donors (Lipinski definition) is 1. The molecule has 0 unspecified atom stereocenters. The van der Waals surface area contributed by atoms with Gasteiger partial charge in [-0.3, -0.25) is 0 Å². The van der Waals surface area contributed by atoms with Crippen molar-refractivity contribution in [3.8, 4) is 0 Å². The molecule has 0 radical (unpaired) electrons. The molecule has 0 saturated carbocycles. The molecule has 2 rings (SSSR count). The van der Waals surface area contributed by atoms with Gasteiger partial charge in [0.2, 0.25) is 0 Å². The van der Waals surface area contributed by atoms with Crippen LogP contribution in [0.3, 0.4) is 0 Å². The molecule has 1 fully saturated rings. The molecule has 1 heterocycles. The molecule has 1 N–H and O–H groups in total. The van der Waals surface area contributed by atoms with E-state index in [-0.39, 0.29) is 12.6 Å². The van der Waals surface area contributed by atoms with Crippen LogP contribution in [0, 0.1) is 5.92 Å². The highest BCUT2D eigenvalue weighted by atomic mass is 19.3. The van der Waals surface area contributed by atoms with Gasteiger partial charge in [0.05, 0.1) is 6.54 Å². The minimum absolute atomic E-state index is 0.0748. The average molecular weight is 225 g/mol. The SMILES string of the molecule is CC[C@H]1C[C@@H](c2ccccc2)NCC1(F)F. The van der Waals surface area contributed by atoms with Gasteiger partial charge in [0, 0.05) is 12.0 Å². The third-order valence-electron chi connectivity index (χ3n) is 3.40. The van der Waals surface area contributed by atoms with E-state index in [9.17, 15) is 8.78 Å². The van der Waals surface area contributed by atoms with Gasteiger partial charge in [-0.15, -0.1) is 0 Å².